The number of amides is 2. The number of rotatable bonds is 0. The molecule has 0 saturated heterocycles. The summed E-state index contributed by atoms with van der Waals surface area (Å²) in [5.74, 6) is -0.0694. The highest BCUT2D eigenvalue weighted by atomic mass is 16.3. The monoisotopic (exact) mass is 200 g/mol. The molecule has 15 heavy (non-hydrogen) atoms. The standard InChI is InChI=1S/C9H4N4O2/c14-6-1-4-2-10-11-3-5(4)7-8(6)13-9(15)12-7/h1-3,14H. The van der Waals surface area contributed by atoms with Gasteiger partial charge in [0.1, 0.15) is 16.5 Å². The van der Waals surface area contributed by atoms with Gasteiger partial charge in [0.15, 0.2) is 0 Å². The van der Waals surface area contributed by atoms with Crippen LogP contribution in [0.1, 0.15) is 0 Å². The number of benzene rings is 1. The molecule has 1 aliphatic rings. The van der Waals surface area contributed by atoms with Crippen molar-refractivity contribution < 1.29 is 9.90 Å². The topological polar surface area (TPSA) is 87.8 Å². The highest BCUT2D eigenvalue weighted by Gasteiger charge is 2.12. The number of fused-ring (bicyclic) bond motifs is 3. The number of aromatic nitrogens is 2. The van der Waals surface area contributed by atoms with Gasteiger partial charge in [0.2, 0.25) is 0 Å². The van der Waals surface area contributed by atoms with E-state index < -0.39 is 6.03 Å². The molecule has 1 aliphatic heterocycles. The van der Waals surface area contributed by atoms with E-state index in [2.05, 4.69) is 20.2 Å². The van der Waals surface area contributed by atoms with Crippen molar-refractivity contribution >= 4 is 16.8 Å². The van der Waals surface area contributed by atoms with Crippen LogP contribution in [0.15, 0.2) is 28.4 Å². The van der Waals surface area contributed by atoms with E-state index in [1.54, 1.807) is 0 Å². The Hall–Kier alpha value is -2.37. The van der Waals surface area contributed by atoms with Crippen LogP contribution in [0.25, 0.3) is 10.8 Å². The largest absolute Gasteiger partial charge is 0.506 e. The van der Waals surface area contributed by atoms with E-state index in [4.69, 9.17) is 0 Å². The molecule has 0 spiro atoms. The Labute approximate surface area is 82.6 Å². The van der Waals surface area contributed by atoms with Crippen LogP contribution < -0.4 is 10.7 Å². The van der Waals surface area contributed by atoms with Gasteiger partial charge in [-0.2, -0.15) is 20.2 Å². The summed E-state index contributed by atoms with van der Waals surface area (Å²) in [4.78, 5) is 18.3. The molecule has 1 aromatic carbocycles. The number of phenolic OH excluding ortho intramolecular Hbond substituents is 1. The average molecular weight is 200 g/mol. The minimum atomic E-state index is -0.607. The second kappa shape index (κ2) is 2.57. The van der Waals surface area contributed by atoms with Gasteiger partial charge < -0.3 is 5.11 Å². The number of carbonyl (C=O) groups is 1. The molecule has 1 aromatic heterocycles. The third-order valence-electron chi connectivity index (χ3n) is 2.19. The van der Waals surface area contributed by atoms with Crippen LogP contribution in [0.4, 0.5) is 4.79 Å². The van der Waals surface area contributed by atoms with Gasteiger partial charge in [-0.1, -0.05) is 0 Å². The lowest BCUT2D eigenvalue weighted by atomic mass is 10.2. The van der Waals surface area contributed by atoms with Crippen molar-refractivity contribution in [3.63, 3.8) is 0 Å². The van der Waals surface area contributed by atoms with Crippen LogP contribution >= 0.6 is 0 Å². The second-order valence-electron chi connectivity index (χ2n) is 3.09. The van der Waals surface area contributed by atoms with Crippen LogP contribution in [0, 0.1) is 0 Å². The zero-order chi connectivity index (χ0) is 10.4. The van der Waals surface area contributed by atoms with Gasteiger partial charge in [-0.05, 0) is 6.07 Å². The summed E-state index contributed by atoms with van der Waals surface area (Å²) < 4.78 is 0. The SMILES string of the molecule is O=C1N=c2c(O)cc3cnncc3c2=N1. The molecule has 1 N–H and O–H groups in total. The van der Waals surface area contributed by atoms with E-state index in [-0.39, 0.29) is 11.1 Å². The quantitative estimate of drug-likeness (QED) is 0.632. The fourth-order valence-electron chi connectivity index (χ4n) is 1.55. The Morgan fingerprint density at radius 2 is 1.80 bits per heavy atom. The Morgan fingerprint density at radius 1 is 1.07 bits per heavy atom. The molecule has 0 bridgehead atoms. The van der Waals surface area contributed by atoms with Crippen molar-refractivity contribution in [1.29, 1.82) is 0 Å². The number of phenols is 1. The Morgan fingerprint density at radius 3 is 2.67 bits per heavy atom. The van der Waals surface area contributed by atoms with E-state index in [9.17, 15) is 9.90 Å². The fourth-order valence-corrected chi connectivity index (χ4v) is 1.55. The highest BCUT2D eigenvalue weighted by Crippen LogP contribution is 2.11. The number of aromatic hydroxyl groups is 1. The van der Waals surface area contributed by atoms with Crippen LogP contribution in [0.5, 0.6) is 5.75 Å². The maximum atomic E-state index is 11.0. The van der Waals surface area contributed by atoms with Crippen molar-refractivity contribution in [1.82, 2.24) is 10.2 Å². The lowest BCUT2D eigenvalue weighted by Gasteiger charge is -1.96. The lowest BCUT2D eigenvalue weighted by molar-refractivity contribution is 0.256. The minimum absolute atomic E-state index is 0.0694. The minimum Gasteiger partial charge on any atom is -0.506 e. The van der Waals surface area contributed by atoms with Crippen LogP contribution in [-0.2, 0) is 0 Å². The molecule has 3 rings (SSSR count). The number of hydrogen-bond acceptors (Lipinski definition) is 4. The van der Waals surface area contributed by atoms with Gasteiger partial charge >= 0.3 is 6.03 Å². The molecule has 0 atom stereocenters. The molecule has 2 heterocycles. The third-order valence-corrected chi connectivity index (χ3v) is 2.19. The molecule has 0 unspecified atom stereocenters. The van der Waals surface area contributed by atoms with Crippen molar-refractivity contribution in [3.05, 3.63) is 29.2 Å². The zero-order valence-electron chi connectivity index (χ0n) is 7.38. The van der Waals surface area contributed by atoms with Gasteiger partial charge in [-0.15, -0.1) is 0 Å². The van der Waals surface area contributed by atoms with Crippen LogP contribution in [0.2, 0.25) is 0 Å². The second-order valence-corrected chi connectivity index (χ2v) is 3.09. The first-order valence-corrected chi connectivity index (χ1v) is 4.19. The summed E-state index contributed by atoms with van der Waals surface area (Å²) in [6.07, 6.45) is 2.98. The predicted molar refractivity (Wildman–Crippen MR) is 48.9 cm³/mol. The number of carbonyl (C=O) groups excluding carboxylic acids is 1. The van der Waals surface area contributed by atoms with Crippen molar-refractivity contribution in [2.75, 3.05) is 0 Å². The van der Waals surface area contributed by atoms with E-state index in [1.807, 2.05) is 0 Å². The maximum absolute atomic E-state index is 11.0. The van der Waals surface area contributed by atoms with E-state index in [0.29, 0.717) is 16.1 Å². The van der Waals surface area contributed by atoms with Gasteiger partial charge in [-0.25, -0.2) is 4.79 Å². The summed E-state index contributed by atoms with van der Waals surface area (Å²) in [5, 5.41) is 18.9. The molecular weight excluding hydrogens is 196 g/mol. The summed E-state index contributed by atoms with van der Waals surface area (Å²) in [6.45, 7) is 0. The van der Waals surface area contributed by atoms with E-state index >= 15 is 0 Å². The van der Waals surface area contributed by atoms with Gasteiger partial charge in [0, 0.05) is 10.8 Å². The van der Waals surface area contributed by atoms with Gasteiger partial charge in [0.05, 0.1) is 12.4 Å². The van der Waals surface area contributed by atoms with E-state index in [1.165, 1.54) is 18.5 Å². The first kappa shape index (κ1) is 7.98. The normalized spacial score (nSPS) is 13.5. The lowest BCUT2D eigenvalue weighted by Crippen LogP contribution is -2.23. The van der Waals surface area contributed by atoms with Crippen LogP contribution in [-0.4, -0.2) is 21.3 Å². The number of nitrogens with zero attached hydrogens (tertiary/aromatic N) is 4. The highest BCUT2D eigenvalue weighted by molar-refractivity contribution is 5.86. The summed E-state index contributed by atoms with van der Waals surface area (Å²) in [7, 11) is 0. The molecule has 0 fully saturated rings. The molecule has 6 heteroatoms. The summed E-state index contributed by atoms with van der Waals surface area (Å²) in [5.41, 5.74) is 0. The molecule has 0 radical (unpaired) electrons. The Kier molecular flexibility index (Phi) is 1.37. The fraction of sp³-hybridized carbons (Fsp3) is 0. The summed E-state index contributed by atoms with van der Waals surface area (Å²) in [6, 6.07) is 0.880. The average Bonchev–Trinajstić information content (AvgIpc) is 2.61. The van der Waals surface area contributed by atoms with Gasteiger partial charge in [-0.3, -0.25) is 0 Å². The maximum Gasteiger partial charge on any atom is 0.368 e. The first-order chi connectivity index (χ1) is 7.25. The molecule has 0 aliphatic carbocycles. The smallest absolute Gasteiger partial charge is 0.368 e. The summed E-state index contributed by atoms with van der Waals surface area (Å²) >= 11 is 0. The third kappa shape index (κ3) is 1.01. The molecule has 72 valence electrons. The van der Waals surface area contributed by atoms with E-state index in [0.717, 1.165) is 0 Å². The van der Waals surface area contributed by atoms with Crippen molar-refractivity contribution in [2.45, 2.75) is 0 Å². The first-order valence-electron chi connectivity index (χ1n) is 4.19. The van der Waals surface area contributed by atoms with Crippen molar-refractivity contribution in [3.8, 4) is 5.75 Å². The number of hydrogen-bond donors (Lipinski definition) is 1. The van der Waals surface area contributed by atoms with Crippen LogP contribution in [0.3, 0.4) is 0 Å². The molecular formula is C9H4N4O2. The predicted octanol–water partition coefficient (Wildman–Crippen LogP) is -0.292. The Bertz CT molecular complexity index is 708. The Balaban J connectivity index is 2.67. The zero-order valence-corrected chi connectivity index (χ0v) is 7.38. The van der Waals surface area contributed by atoms with Crippen molar-refractivity contribution in [2.24, 2.45) is 9.98 Å². The molecule has 6 nitrogen and oxygen atoms in total. The number of urea groups is 1. The molecule has 0 saturated carbocycles. The van der Waals surface area contributed by atoms with Gasteiger partial charge in [0.25, 0.3) is 0 Å². The molecule has 2 aromatic rings. The molecule has 2 amide bonds.